The fourth-order valence-electron chi connectivity index (χ4n) is 3.14. The second-order valence-electron chi connectivity index (χ2n) is 6.19. The Kier molecular flexibility index (Phi) is 5.22. The number of likely N-dealkylation sites (tertiary alicyclic amines) is 1. The van der Waals surface area contributed by atoms with Crippen LogP contribution in [-0.2, 0) is 10.0 Å². The van der Waals surface area contributed by atoms with Gasteiger partial charge in [-0.2, -0.15) is 0 Å². The van der Waals surface area contributed by atoms with Gasteiger partial charge in [0.1, 0.15) is 0 Å². The molecular weight excluding hydrogens is 262 g/mol. The van der Waals surface area contributed by atoms with Gasteiger partial charge in [0.05, 0.1) is 5.75 Å². The first kappa shape index (κ1) is 15.2. The molecule has 0 aliphatic carbocycles. The maximum atomic E-state index is 12.4. The van der Waals surface area contributed by atoms with Crippen molar-refractivity contribution in [3.8, 4) is 0 Å². The number of rotatable bonds is 5. The fourth-order valence-corrected chi connectivity index (χ4v) is 4.72. The molecule has 2 unspecified atom stereocenters. The fraction of sp³-hybridized carbons (Fsp3) is 1.00. The van der Waals surface area contributed by atoms with E-state index < -0.39 is 10.0 Å². The summed E-state index contributed by atoms with van der Waals surface area (Å²) in [7, 11) is 0.749. The van der Waals surface area contributed by atoms with Crippen molar-refractivity contribution >= 4 is 10.0 Å². The van der Waals surface area contributed by atoms with Gasteiger partial charge >= 0.3 is 0 Å². The maximum Gasteiger partial charge on any atom is 0.214 e. The van der Waals surface area contributed by atoms with Gasteiger partial charge in [-0.3, -0.25) is 0 Å². The Morgan fingerprint density at radius 1 is 1.32 bits per heavy atom. The molecule has 0 radical (unpaired) electrons. The van der Waals surface area contributed by atoms with Crippen molar-refractivity contribution in [3.05, 3.63) is 0 Å². The lowest BCUT2D eigenvalue weighted by molar-refractivity contribution is 0.350. The third kappa shape index (κ3) is 4.41. The first-order chi connectivity index (χ1) is 8.97. The van der Waals surface area contributed by atoms with E-state index in [9.17, 15) is 8.42 Å². The van der Waals surface area contributed by atoms with Gasteiger partial charge in [-0.15, -0.1) is 0 Å². The van der Waals surface area contributed by atoms with Gasteiger partial charge in [-0.25, -0.2) is 12.7 Å². The number of hydrogen-bond acceptors (Lipinski definition) is 4. The van der Waals surface area contributed by atoms with Crippen LogP contribution in [0, 0.1) is 11.8 Å². The Morgan fingerprint density at radius 3 is 2.68 bits per heavy atom. The minimum absolute atomic E-state index is 0.285. The second-order valence-corrected chi connectivity index (χ2v) is 8.31. The summed E-state index contributed by atoms with van der Waals surface area (Å²) < 4.78 is 26.3. The van der Waals surface area contributed by atoms with E-state index in [0.717, 1.165) is 45.4 Å². The van der Waals surface area contributed by atoms with Crippen molar-refractivity contribution in [1.82, 2.24) is 14.5 Å². The minimum atomic E-state index is -3.09. The van der Waals surface area contributed by atoms with Crippen LogP contribution in [0.25, 0.3) is 0 Å². The summed E-state index contributed by atoms with van der Waals surface area (Å²) in [6.45, 7) is 4.66. The van der Waals surface area contributed by atoms with E-state index in [1.807, 2.05) is 0 Å². The number of sulfonamides is 1. The van der Waals surface area contributed by atoms with Crippen molar-refractivity contribution < 1.29 is 8.42 Å². The monoisotopic (exact) mass is 289 g/mol. The van der Waals surface area contributed by atoms with Crippen LogP contribution in [0.5, 0.6) is 0 Å². The molecule has 2 rings (SSSR count). The molecule has 2 saturated heterocycles. The number of piperidine rings is 1. The van der Waals surface area contributed by atoms with Crippen molar-refractivity contribution in [2.45, 2.75) is 19.3 Å². The molecule has 112 valence electrons. The predicted molar refractivity (Wildman–Crippen MR) is 77.6 cm³/mol. The normalized spacial score (nSPS) is 30.1. The van der Waals surface area contributed by atoms with Crippen molar-refractivity contribution in [2.24, 2.45) is 11.8 Å². The van der Waals surface area contributed by atoms with E-state index in [2.05, 4.69) is 17.3 Å². The molecule has 2 atom stereocenters. The Morgan fingerprint density at radius 2 is 2.11 bits per heavy atom. The Bertz CT molecular complexity index is 379. The van der Waals surface area contributed by atoms with E-state index in [1.54, 1.807) is 11.4 Å². The van der Waals surface area contributed by atoms with Crippen molar-refractivity contribution in [3.63, 3.8) is 0 Å². The highest BCUT2D eigenvalue weighted by molar-refractivity contribution is 7.89. The third-order valence-electron chi connectivity index (χ3n) is 4.32. The van der Waals surface area contributed by atoms with Crippen LogP contribution in [0.3, 0.4) is 0 Å². The molecule has 1 N–H and O–H groups in total. The molecule has 0 saturated carbocycles. The molecule has 2 heterocycles. The Balaban J connectivity index is 1.83. The SMILES string of the molecule is CN1CCC(CN(C)S(=O)(=O)CC2CCCNC2)C1. The standard InChI is InChI=1S/C13H27N3O2S/c1-15-7-5-13(9-15)10-16(2)19(17,18)11-12-4-3-6-14-8-12/h12-14H,3-11H2,1-2H3. The molecular formula is C13H27N3O2S. The van der Waals surface area contributed by atoms with Crippen LogP contribution < -0.4 is 5.32 Å². The lowest BCUT2D eigenvalue weighted by Gasteiger charge is -2.26. The molecule has 0 amide bonds. The summed E-state index contributed by atoms with van der Waals surface area (Å²) in [5, 5.41) is 3.29. The van der Waals surface area contributed by atoms with Crippen molar-refractivity contribution in [1.29, 1.82) is 0 Å². The lowest BCUT2D eigenvalue weighted by atomic mass is 10.0. The highest BCUT2D eigenvalue weighted by Crippen LogP contribution is 2.19. The molecule has 5 nitrogen and oxygen atoms in total. The van der Waals surface area contributed by atoms with Gasteiger partial charge in [-0.1, -0.05) is 0 Å². The summed E-state index contributed by atoms with van der Waals surface area (Å²) in [5.41, 5.74) is 0. The molecule has 2 aliphatic heterocycles. The van der Waals surface area contributed by atoms with Gasteiger partial charge in [0, 0.05) is 20.1 Å². The summed E-state index contributed by atoms with van der Waals surface area (Å²) in [6, 6.07) is 0. The van der Waals surface area contributed by atoms with E-state index in [4.69, 9.17) is 0 Å². The summed E-state index contributed by atoms with van der Waals surface area (Å²) >= 11 is 0. The maximum absolute atomic E-state index is 12.4. The highest BCUT2D eigenvalue weighted by Gasteiger charge is 2.28. The van der Waals surface area contributed by atoms with E-state index in [1.165, 1.54) is 0 Å². The molecule has 0 aromatic heterocycles. The zero-order chi connectivity index (χ0) is 13.9. The van der Waals surface area contributed by atoms with E-state index in [-0.39, 0.29) is 5.92 Å². The second kappa shape index (κ2) is 6.52. The zero-order valence-electron chi connectivity index (χ0n) is 12.1. The molecule has 2 fully saturated rings. The first-order valence-corrected chi connectivity index (χ1v) is 8.91. The molecule has 6 heteroatoms. The number of nitrogens with zero attached hydrogens (tertiary/aromatic N) is 2. The van der Waals surface area contributed by atoms with Crippen molar-refractivity contribution in [2.75, 3.05) is 52.6 Å². The number of hydrogen-bond donors (Lipinski definition) is 1. The smallest absolute Gasteiger partial charge is 0.214 e. The molecule has 0 bridgehead atoms. The van der Waals surface area contributed by atoms with E-state index >= 15 is 0 Å². The largest absolute Gasteiger partial charge is 0.316 e. The summed E-state index contributed by atoms with van der Waals surface area (Å²) in [4.78, 5) is 2.27. The molecule has 0 aromatic rings. The average Bonchev–Trinajstić information content (AvgIpc) is 2.75. The van der Waals surface area contributed by atoms with Gasteiger partial charge in [0.2, 0.25) is 10.0 Å². The molecule has 0 aromatic carbocycles. The van der Waals surface area contributed by atoms with Crippen LogP contribution in [0.2, 0.25) is 0 Å². The van der Waals surface area contributed by atoms with Crippen LogP contribution in [0.1, 0.15) is 19.3 Å². The third-order valence-corrected chi connectivity index (χ3v) is 6.32. The van der Waals surface area contributed by atoms with Gasteiger partial charge in [0.15, 0.2) is 0 Å². The van der Waals surface area contributed by atoms with Gasteiger partial charge in [0.25, 0.3) is 0 Å². The predicted octanol–water partition coefficient (Wildman–Crippen LogP) is 0.199. The topological polar surface area (TPSA) is 52.7 Å². The highest BCUT2D eigenvalue weighted by atomic mass is 32.2. The zero-order valence-corrected chi connectivity index (χ0v) is 13.0. The van der Waals surface area contributed by atoms with Crippen LogP contribution in [0.15, 0.2) is 0 Å². The summed E-state index contributed by atoms with van der Waals surface area (Å²) in [6.07, 6.45) is 3.24. The molecule has 19 heavy (non-hydrogen) atoms. The van der Waals surface area contributed by atoms with Crippen LogP contribution in [-0.4, -0.2) is 70.2 Å². The van der Waals surface area contributed by atoms with Crippen LogP contribution in [0.4, 0.5) is 0 Å². The molecule has 0 spiro atoms. The van der Waals surface area contributed by atoms with E-state index in [0.29, 0.717) is 18.2 Å². The van der Waals surface area contributed by atoms with Gasteiger partial charge in [-0.05, 0) is 57.8 Å². The summed E-state index contributed by atoms with van der Waals surface area (Å²) in [5.74, 6) is 1.08. The van der Waals surface area contributed by atoms with Gasteiger partial charge < -0.3 is 10.2 Å². The average molecular weight is 289 g/mol. The lowest BCUT2D eigenvalue weighted by Crippen LogP contribution is -2.40. The Labute approximate surface area is 117 Å². The first-order valence-electron chi connectivity index (χ1n) is 7.30. The minimum Gasteiger partial charge on any atom is -0.316 e. The Hall–Kier alpha value is -0.170. The van der Waals surface area contributed by atoms with Crippen LogP contribution >= 0.6 is 0 Å². The number of nitrogens with one attached hydrogen (secondary N) is 1. The molecule has 2 aliphatic rings. The quantitative estimate of drug-likeness (QED) is 0.785.